The van der Waals surface area contributed by atoms with E-state index in [1.54, 1.807) is 0 Å². The Labute approximate surface area is 122 Å². The van der Waals surface area contributed by atoms with Gasteiger partial charge < -0.3 is 9.47 Å². The Morgan fingerprint density at radius 2 is 1.65 bits per heavy atom. The molecule has 2 nitrogen and oxygen atoms in total. The zero-order valence-electron chi connectivity index (χ0n) is 12.7. The second-order valence-electron chi connectivity index (χ2n) is 6.26. The van der Waals surface area contributed by atoms with E-state index in [1.807, 2.05) is 0 Å². The normalized spacial score (nSPS) is 27.9. The Balaban J connectivity index is 1.78. The molecule has 0 N–H and O–H groups in total. The lowest BCUT2D eigenvalue weighted by atomic mass is 9.76. The van der Waals surface area contributed by atoms with Crippen molar-refractivity contribution in [3.63, 3.8) is 0 Å². The van der Waals surface area contributed by atoms with Crippen molar-refractivity contribution in [3.8, 4) is 0 Å². The molecule has 110 valence electrons. The molecule has 0 bridgehead atoms. The Morgan fingerprint density at radius 3 is 2.30 bits per heavy atom. The van der Waals surface area contributed by atoms with Crippen LogP contribution < -0.4 is 0 Å². The highest BCUT2D eigenvalue weighted by Crippen LogP contribution is 2.40. The molecule has 20 heavy (non-hydrogen) atoms. The first-order valence-electron chi connectivity index (χ1n) is 8.12. The fraction of sp³-hybridized carbons (Fsp3) is 0.667. The van der Waals surface area contributed by atoms with Crippen LogP contribution in [0.5, 0.6) is 0 Å². The van der Waals surface area contributed by atoms with Gasteiger partial charge in [0.1, 0.15) is 0 Å². The topological polar surface area (TPSA) is 18.5 Å². The molecule has 0 spiro atoms. The molecule has 0 amide bonds. The molecule has 1 aliphatic carbocycles. The molecule has 1 aromatic carbocycles. The fourth-order valence-electron chi connectivity index (χ4n) is 3.79. The highest BCUT2D eigenvalue weighted by atomic mass is 16.7. The van der Waals surface area contributed by atoms with Gasteiger partial charge in [0.2, 0.25) is 0 Å². The molecule has 0 unspecified atom stereocenters. The number of benzene rings is 1. The van der Waals surface area contributed by atoms with Gasteiger partial charge in [-0.3, -0.25) is 0 Å². The molecule has 0 radical (unpaired) electrons. The van der Waals surface area contributed by atoms with Crippen LogP contribution in [0, 0.1) is 12.8 Å². The molecule has 2 fully saturated rings. The Morgan fingerprint density at radius 1 is 1.00 bits per heavy atom. The summed E-state index contributed by atoms with van der Waals surface area (Å²) in [5.41, 5.74) is 4.15. The SMILES string of the molecule is CCC1CCC(c2cccc(C3OCCO3)c2C)CC1. The molecular weight excluding hydrogens is 248 g/mol. The zero-order valence-corrected chi connectivity index (χ0v) is 12.7. The van der Waals surface area contributed by atoms with Gasteiger partial charge >= 0.3 is 0 Å². The largest absolute Gasteiger partial charge is 0.346 e. The number of rotatable bonds is 3. The van der Waals surface area contributed by atoms with Crippen LogP contribution in [0.25, 0.3) is 0 Å². The number of hydrogen-bond donors (Lipinski definition) is 0. The monoisotopic (exact) mass is 274 g/mol. The first-order valence-corrected chi connectivity index (χ1v) is 8.12. The molecule has 1 heterocycles. The van der Waals surface area contributed by atoms with Crippen molar-refractivity contribution in [3.05, 3.63) is 34.9 Å². The fourth-order valence-corrected chi connectivity index (χ4v) is 3.79. The van der Waals surface area contributed by atoms with Crippen molar-refractivity contribution in [2.75, 3.05) is 13.2 Å². The summed E-state index contributed by atoms with van der Waals surface area (Å²) in [6.45, 7) is 6.00. The van der Waals surface area contributed by atoms with Gasteiger partial charge in [0.05, 0.1) is 13.2 Å². The van der Waals surface area contributed by atoms with E-state index in [1.165, 1.54) is 48.8 Å². The maximum Gasteiger partial charge on any atom is 0.184 e. The molecule has 2 aliphatic rings. The van der Waals surface area contributed by atoms with Crippen molar-refractivity contribution in [2.45, 2.75) is 58.2 Å². The number of hydrogen-bond acceptors (Lipinski definition) is 2. The van der Waals surface area contributed by atoms with E-state index in [-0.39, 0.29) is 6.29 Å². The van der Waals surface area contributed by atoms with Gasteiger partial charge in [0, 0.05) is 5.56 Å². The predicted octanol–water partition coefficient (Wildman–Crippen LogP) is 4.72. The molecule has 1 aliphatic heterocycles. The minimum Gasteiger partial charge on any atom is -0.346 e. The van der Waals surface area contributed by atoms with Crippen molar-refractivity contribution in [2.24, 2.45) is 5.92 Å². The van der Waals surface area contributed by atoms with Gasteiger partial charge in [0.25, 0.3) is 0 Å². The Hall–Kier alpha value is -0.860. The van der Waals surface area contributed by atoms with Crippen LogP contribution in [0.3, 0.4) is 0 Å². The van der Waals surface area contributed by atoms with Gasteiger partial charge in [0.15, 0.2) is 6.29 Å². The van der Waals surface area contributed by atoms with Crippen LogP contribution in [0.15, 0.2) is 18.2 Å². The first kappa shape index (κ1) is 14.1. The maximum atomic E-state index is 5.67. The summed E-state index contributed by atoms with van der Waals surface area (Å²) in [5.74, 6) is 1.69. The van der Waals surface area contributed by atoms with Crippen molar-refractivity contribution < 1.29 is 9.47 Å². The molecule has 0 aromatic heterocycles. The summed E-state index contributed by atoms with van der Waals surface area (Å²) in [6.07, 6.45) is 6.67. The van der Waals surface area contributed by atoms with E-state index in [4.69, 9.17) is 9.47 Å². The Bertz CT molecular complexity index is 441. The third-order valence-electron chi connectivity index (χ3n) is 5.16. The van der Waals surface area contributed by atoms with E-state index < -0.39 is 0 Å². The minimum absolute atomic E-state index is 0.137. The summed E-state index contributed by atoms with van der Waals surface area (Å²) < 4.78 is 11.3. The van der Waals surface area contributed by atoms with Gasteiger partial charge in [-0.05, 0) is 55.6 Å². The third-order valence-corrected chi connectivity index (χ3v) is 5.16. The lowest BCUT2D eigenvalue weighted by molar-refractivity contribution is -0.0446. The predicted molar refractivity (Wildman–Crippen MR) is 80.8 cm³/mol. The van der Waals surface area contributed by atoms with E-state index in [0.29, 0.717) is 0 Å². The average molecular weight is 274 g/mol. The summed E-state index contributed by atoms with van der Waals surface area (Å²) in [4.78, 5) is 0. The summed E-state index contributed by atoms with van der Waals surface area (Å²) in [7, 11) is 0. The summed E-state index contributed by atoms with van der Waals surface area (Å²) >= 11 is 0. The zero-order chi connectivity index (χ0) is 13.9. The molecule has 1 aromatic rings. The molecular formula is C18H26O2. The van der Waals surface area contributed by atoms with E-state index in [0.717, 1.165) is 25.0 Å². The third kappa shape index (κ3) is 2.77. The molecule has 0 atom stereocenters. The van der Waals surface area contributed by atoms with Crippen molar-refractivity contribution in [1.82, 2.24) is 0 Å². The first-order chi connectivity index (χ1) is 9.79. The van der Waals surface area contributed by atoms with Crippen molar-refractivity contribution >= 4 is 0 Å². The second-order valence-corrected chi connectivity index (χ2v) is 6.26. The highest BCUT2D eigenvalue weighted by molar-refractivity contribution is 5.37. The standard InChI is InChI=1S/C18H26O2/c1-3-14-7-9-15(10-8-14)16-5-4-6-17(13(16)2)18-19-11-12-20-18/h4-6,14-15,18H,3,7-12H2,1-2H3. The summed E-state index contributed by atoms with van der Waals surface area (Å²) in [5, 5.41) is 0. The molecule has 2 heteroatoms. The molecule has 3 rings (SSSR count). The number of ether oxygens (including phenoxy) is 2. The van der Waals surface area contributed by atoms with Crippen LogP contribution in [0.1, 0.15) is 67.9 Å². The smallest absolute Gasteiger partial charge is 0.184 e. The highest BCUT2D eigenvalue weighted by Gasteiger charge is 2.26. The van der Waals surface area contributed by atoms with Gasteiger partial charge in [-0.15, -0.1) is 0 Å². The van der Waals surface area contributed by atoms with Crippen LogP contribution in [-0.4, -0.2) is 13.2 Å². The lowest BCUT2D eigenvalue weighted by Gasteiger charge is -2.30. The van der Waals surface area contributed by atoms with Crippen LogP contribution in [0.4, 0.5) is 0 Å². The summed E-state index contributed by atoms with van der Waals surface area (Å²) in [6, 6.07) is 6.64. The van der Waals surface area contributed by atoms with Gasteiger partial charge in [-0.2, -0.15) is 0 Å². The van der Waals surface area contributed by atoms with Gasteiger partial charge in [-0.1, -0.05) is 31.5 Å². The maximum absolute atomic E-state index is 5.67. The van der Waals surface area contributed by atoms with Crippen molar-refractivity contribution in [1.29, 1.82) is 0 Å². The van der Waals surface area contributed by atoms with Crippen LogP contribution in [-0.2, 0) is 9.47 Å². The lowest BCUT2D eigenvalue weighted by Crippen LogP contribution is -2.14. The average Bonchev–Trinajstić information content (AvgIpc) is 3.02. The van der Waals surface area contributed by atoms with Gasteiger partial charge in [-0.25, -0.2) is 0 Å². The Kier molecular flexibility index (Phi) is 4.42. The second kappa shape index (κ2) is 6.28. The van der Waals surface area contributed by atoms with E-state index >= 15 is 0 Å². The van der Waals surface area contributed by atoms with E-state index in [9.17, 15) is 0 Å². The molecule has 1 saturated heterocycles. The quantitative estimate of drug-likeness (QED) is 0.793. The van der Waals surface area contributed by atoms with E-state index in [2.05, 4.69) is 32.0 Å². The molecule has 1 saturated carbocycles. The van der Waals surface area contributed by atoms with Crippen LogP contribution in [0.2, 0.25) is 0 Å². The van der Waals surface area contributed by atoms with Crippen LogP contribution >= 0.6 is 0 Å². The minimum atomic E-state index is -0.137.